The second-order valence-electron chi connectivity index (χ2n) is 4.09. The Kier molecular flexibility index (Phi) is 4.26. The lowest BCUT2D eigenvalue weighted by Crippen LogP contribution is -2.12. The molecule has 0 bridgehead atoms. The predicted molar refractivity (Wildman–Crippen MR) is 89.8 cm³/mol. The number of hydrogen-bond acceptors (Lipinski definition) is 4. The average molecular weight is 355 g/mol. The van der Waals surface area contributed by atoms with E-state index in [0.717, 1.165) is 9.88 Å². The third-order valence-corrected chi connectivity index (χ3v) is 5.09. The van der Waals surface area contributed by atoms with Crippen LogP contribution in [0, 0.1) is 0 Å². The lowest BCUT2D eigenvalue weighted by molar-refractivity contribution is 0.102. The van der Waals surface area contributed by atoms with Crippen LogP contribution in [0.15, 0.2) is 41.1 Å². The van der Waals surface area contributed by atoms with Gasteiger partial charge in [0.2, 0.25) is 0 Å². The van der Waals surface area contributed by atoms with Gasteiger partial charge < -0.3 is 5.32 Å². The molecule has 2 aromatic heterocycles. The van der Waals surface area contributed by atoms with Crippen molar-refractivity contribution < 1.29 is 4.79 Å². The number of nitrogens with one attached hydrogen (secondary N) is 1. The van der Waals surface area contributed by atoms with Crippen LogP contribution >= 0.6 is 45.9 Å². The van der Waals surface area contributed by atoms with E-state index < -0.39 is 0 Å². The maximum atomic E-state index is 12.2. The minimum Gasteiger partial charge on any atom is -0.319 e. The van der Waals surface area contributed by atoms with Gasteiger partial charge in [-0.05, 0) is 29.6 Å². The van der Waals surface area contributed by atoms with Crippen molar-refractivity contribution in [3.05, 3.63) is 56.8 Å². The molecule has 2 heterocycles. The Balaban J connectivity index is 1.81. The number of rotatable bonds is 3. The van der Waals surface area contributed by atoms with Gasteiger partial charge in [-0.3, -0.25) is 4.79 Å². The Morgan fingerprint density at radius 2 is 2.05 bits per heavy atom. The Labute approximate surface area is 139 Å². The summed E-state index contributed by atoms with van der Waals surface area (Å²) in [6.07, 6.45) is 0. The number of thiophene rings is 1. The first kappa shape index (κ1) is 14.5. The fourth-order valence-electron chi connectivity index (χ4n) is 1.67. The molecule has 0 spiro atoms. The number of aromatic nitrogens is 1. The van der Waals surface area contributed by atoms with Crippen LogP contribution in [0.5, 0.6) is 0 Å². The number of amides is 1. The van der Waals surface area contributed by atoms with Crippen molar-refractivity contribution in [2.75, 3.05) is 5.32 Å². The number of carbonyl (C=O) groups excluding carboxylic acids is 1. The Hall–Kier alpha value is -1.40. The Morgan fingerprint density at radius 1 is 1.19 bits per heavy atom. The highest BCUT2D eigenvalue weighted by Gasteiger charge is 2.14. The maximum Gasteiger partial charge on any atom is 0.275 e. The number of hydrogen-bond donors (Lipinski definition) is 1. The molecule has 1 aromatic carbocycles. The molecular formula is C14H8Cl2N2OS2. The average Bonchev–Trinajstić information content (AvgIpc) is 3.12. The van der Waals surface area contributed by atoms with Gasteiger partial charge in [0.1, 0.15) is 10.7 Å². The molecule has 1 amide bonds. The quantitative estimate of drug-likeness (QED) is 0.681. The zero-order chi connectivity index (χ0) is 14.8. The fraction of sp³-hybridized carbons (Fsp3) is 0. The molecule has 7 heteroatoms. The van der Waals surface area contributed by atoms with Gasteiger partial charge >= 0.3 is 0 Å². The summed E-state index contributed by atoms with van der Waals surface area (Å²) in [4.78, 5) is 17.6. The van der Waals surface area contributed by atoms with Crippen LogP contribution in [0.4, 0.5) is 5.69 Å². The summed E-state index contributed by atoms with van der Waals surface area (Å²) in [5, 5.41) is 8.18. The molecule has 0 saturated carbocycles. The van der Waals surface area contributed by atoms with Crippen LogP contribution in [0.2, 0.25) is 10.0 Å². The van der Waals surface area contributed by atoms with Crippen LogP contribution in [-0.4, -0.2) is 10.9 Å². The van der Waals surface area contributed by atoms with Gasteiger partial charge in [0.05, 0.1) is 15.6 Å². The lowest BCUT2D eigenvalue weighted by Gasteiger charge is -2.05. The molecular weight excluding hydrogens is 347 g/mol. The van der Waals surface area contributed by atoms with Gasteiger partial charge in [0.15, 0.2) is 0 Å². The van der Waals surface area contributed by atoms with E-state index in [-0.39, 0.29) is 5.91 Å². The Bertz CT molecular complexity index is 784. The first-order chi connectivity index (χ1) is 10.1. The van der Waals surface area contributed by atoms with Gasteiger partial charge in [-0.15, -0.1) is 22.7 Å². The monoisotopic (exact) mass is 354 g/mol. The van der Waals surface area contributed by atoms with E-state index in [1.807, 2.05) is 17.5 Å². The Morgan fingerprint density at radius 3 is 2.81 bits per heavy atom. The van der Waals surface area contributed by atoms with E-state index in [0.29, 0.717) is 21.4 Å². The van der Waals surface area contributed by atoms with Crippen molar-refractivity contribution in [2.45, 2.75) is 0 Å². The summed E-state index contributed by atoms with van der Waals surface area (Å²) in [6.45, 7) is 0. The van der Waals surface area contributed by atoms with Crippen LogP contribution < -0.4 is 5.32 Å². The molecule has 3 rings (SSSR count). The van der Waals surface area contributed by atoms with Crippen molar-refractivity contribution >= 4 is 57.5 Å². The molecule has 0 fully saturated rings. The molecule has 0 saturated heterocycles. The molecule has 0 radical (unpaired) electrons. The first-order valence-corrected chi connectivity index (χ1v) is 8.41. The standard InChI is InChI=1S/C14H8Cl2N2OS2/c15-8-3-4-9(16)10(6-8)17-13(19)11-7-21-14(18-11)12-2-1-5-20-12/h1-7H,(H,17,19). The van der Waals surface area contributed by atoms with Crippen molar-refractivity contribution in [1.29, 1.82) is 0 Å². The van der Waals surface area contributed by atoms with Crippen molar-refractivity contribution in [3.63, 3.8) is 0 Å². The van der Waals surface area contributed by atoms with Gasteiger partial charge in [0.25, 0.3) is 5.91 Å². The van der Waals surface area contributed by atoms with E-state index >= 15 is 0 Å². The highest BCUT2D eigenvalue weighted by atomic mass is 35.5. The summed E-state index contributed by atoms with van der Waals surface area (Å²) in [5.74, 6) is -0.307. The SMILES string of the molecule is O=C(Nc1cc(Cl)ccc1Cl)c1csc(-c2cccs2)n1. The largest absolute Gasteiger partial charge is 0.319 e. The molecule has 106 valence electrons. The second kappa shape index (κ2) is 6.15. The number of thiazole rings is 1. The second-order valence-corrected chi connectivity index (χ2v) is 6.74. The highest BCUT2D eigenvalue weighted by molar-refractivity contribution is 7.20. The summed E-state index contributed by atoms with van der Waals surface area (Å²) < 4.78 is 0. The van der Waals surface area contributed by atoms with Crippen molar-refractivity contribution in [1.82, 2.24) is 4.98 Å². The summed E-state index contributed by atoms with van der Waals surface area (Å²) in [6, 6.07) is 8.83. The molecule has 0 aliphatic rings. The summed E-state index contributed by atoms with van der Waals surface area (Å²) in [7, 11) is 0. The zero-order valence-corrected chi connectivity index (χ0v) is 13.6. The van der Waals surface area contributed by atoms with Gasteiger partial charge in [-0.25, -0.2) is 4.98 Å². The van der Waals surface area contributed by atoms with Crippen LogP contribution in [0.1, 0.15) is 10.5 Å². The number of carbonyl (C=O) groups is 1. The van der Waals surface area contributed by atoms with E-state index in [1.54, 1.807) is 34.9 Å². The van der Waals surface area contributed by atoms with Crippen LogP contribution in [0.25, 0.3) is 9.88 Å². The zero-order valence-electron chi connectivity index (χ0n) is 10.5. The predicted octanol–water partition coefficient (Wildman–Crippen LogP) is 5.43. The normalized spacial score (nSPS) is 10.6. The van der Waals surface area contributed by atoms with E-state index in [4.69, 9.17) is 23.2 Å². The molecule has 3 aromatic rings. The van der Waals surface area contributed by atoms with Crippen LogP contribution in [-0.2, 0) is 0 Å². The number of nitrogens with zero attached hydrogens (tertiary/aromatic N) is 1. The molecule has 3 nitrogen and oxygen atoms in total. The third-order valence-electron chi connectivity index (χ3n) is 2.65. The van der Waals surface area contributed by atoms with Crippen molar-refractivity contribution in [2.24, 2.45) is 0 Å². The minimum atomic E-state index is -0.307. The third kappa shape index (κ3) is 3.27. The van der Waals surface area contributed by atoms with Gasteiger partial charge in [-0.1, -0.05) is 29.3 Å². The minimum absolute atomic E-state index is 0.307. The van der Waals surface area contributed by atoms with E-state index in [2.05, 4.69) is 10.3 Å². The topological polar surface area (TPSA) is 42.0 Å². The molecule has 1 N–H and O–H groups in total. The van der Waals surface area contributed by atoms with Crippen molar-refractivity contribution in [3.8, 4) is 9.88 Å². The van der Waals surface area contributed by atoms with Gasteiger partial charge in [0, 0.05) is 10.4 Å². The smallest absolute Gasteiger partial charge is 0.275 e. The molecule has 0 unspecified atom stereocenters. The van der Waals surface area contributed by atoms with Crippen LogP contribution in [0.3, 0.4) is 0 Å². The number of anilines is 1. The van der Waals surface area contributed by atoms with Gasteiger partial charge in [-0.2, -0.15) is 0 Å². The summed E-state index contributed by atoms with van der Waals surface area (Å²) >= 11 is 14.9. The first-order valence-electron chi connectivity index (χ1n) is 5.89. The summed E-state index contributed by atoms with van der Waals surface area (Å²) in [5.41, 5.74) is 0.833. The molecule has 0 atom stereocenters. The maximum absolute atomic E-state index is 12.2. The molecule has 0 aliphatic carbocycles. The molecule has 0 aliphatic heterocycles. The van der Waals surface area contributed by atoms with E-state index in [1.165, 1.54) is 11.3 Å². The molecule has 21 heavy (non-hydrogen) atoms. The van der Waals surface area contributed by atoms with E-state index in [9.17, 15) is 4.79 Å². The lowest BCUT2D eigenvalue weighted by atomic mass is 10.3. The fourth-order valence-corrected chi connectivity index (χ4v) is 3.62. The number of halogens is 2. The highest BCUT2D eigenvalue weighted by Crippen LogP contribution is 2.29. The number of benzene rings is 1.